The smallest absolute Gasteiger partial charge is 0.249 e. The van der Waals surface area contributed by atoms with Gasteiger partial charge in [0, 0.05) is 11.0 Å². The molecule has 1 heterocycles. The molecule has 1 aromatic heterocycles. The minimum Gasteiger partial charge on any atom is -0.497 e. The zero-order valence-electron chi connectivity index (χ0n) is 12.6. The quantitative estimate of drug-likeness (QED) is 0.871. The molecular weight excluding hydrogens is 296 g/mol. The molecule has 22 heavy (non-hydrogen) atoms. The van der Waals surface area contributed by atoms with E-state index in [9.17, 15) is 4.79 Å². The molecule has 0 saturated carbocycles. The molecule has 0 bridgehead atoms. The first kappa shape index (κ1) is 15.8. The third-order valence-electron chi connectivity index (χ3n) is 3.28. The van der Waals surface area contributed by atoms with E-state index in [-0.39, 0.29) is 5.91 Å². The molecule has 0 unspecified atom stereocenters. The van der Waals surface area contributed by atoms with Crippen LogP contribution in [0.5, 0.6) is 5.75 Å². The molecule has 0 aliphatic heterocycles. The second kappa shape index (κ2) is 6.92. The largest absolute Gasteiger partial charge is 0.497 e. The topological polar surface area (TPSA) is 62.1 Å². The normalized spacial score (nSPS) is 10.5. The average molecular weight is 312 g/mol. The summed E-state index contributed by atoms with van der Waals surface area (Å²) in [6.07, 6.45) is 3.17. The van der Waals surface area contributed by atoms with Gasteiger partial charge in [-0.2, -0.15) is 5.26 Å². The molecule has 0 aliphatic rings. The Kier molecular flexibility index (Phi) is 4.97. The summed E-state index contributed by atoms with van der Waals surface area (Å²) in [5.41, 5.74) is 2.35. The van der Waals surface area contributed by atoms with Crippen LogP contribution >= 0.6 is 11.3 Å². The van der Waals surface area contributed by atoms with E-state index in [4.69, 9.17) is 10.00 Å². The van der Waals surface area contributed by atoms with E-state index in [1.54, 1.807) is 13.2 Å². The zero-order valence-corrected chi connectivity index (χ0v) is 13.5. The van der Waals surface area contributed by atoms with Gasteiger partial charge < -0.3 is 10.1 Å². The first-order valence-electron chi connectivity index (χ1n) is 6.68. The summed E-state index contributed by atoms with van der Waals surface area (Å²) in [5, 5.41) is 12.5. The lowest BCUT2D eigenvalue weighted by molar-refractivity contribution is -0.111. The number of benzene rings is 1. The highest BCUT2D eigenvalue weighted by atomic mass is 32.1. The van der Waals surface area contributed by atoms with Crippen LogP contribution in [0, 0.1) is 25.2 Å². The number of thiophene rings is 1. The van der Waals surface area contributed by atoms with E-state index in [0.29, 0.717) is 10.6 Å². The van der Waals surface area contributed by atoms with E-state index in [0.717, 1.165) is 21.8 Å². The highest BCUT2D eigenvalue weighted by molar-refractivity contribution is 7.16. The SMILES string of the molecule is COc1ccc(/C=C/C(=O)Nc2sc(C)c(C)c2C#N)cc1. The van der Waals surface area contributed by atoms with Crippen LogP contribution in [-0.4, -0.2) is 13.0 Å². The second-order valence-corrected chi connectivity index (χ2v) is 5.92. The summed E-state index contributed by atoms with van der Waals surface area (Å²) in [4.78, 5) is 13.0. The summed E-state index contributed by atoms with van der Waals surface area (Å²) < 4.78 is 5.08. The number of rotatable bonds is 4. The second-order valence-electron chi connectivity index (χ2n) is 4.69. The van der Waals surface area contributed by atoms with Gasteiger partial charge in [0.2, 0.25) is 5.91 Å². The van der Waals surface area contributed by atoms with Crippen LogP contribution in [0.25, 0.3) is 6.08 Å². The van der Waals surface area contributed by atoms with Crippen molar-refractivity contribution in [1.82, 2.24) is 0 Å². The molecule has 2 rings (SSSR count). The van der Waals surface area contributed by atoms with Gasteiger partial charge in [-0.3, -0.25) is 4.79 Å². The van der Waals surface area contributed by atoms with Crippen molar-refractivity contribution in [3.63, 3.8) is 0 Å². The molecule has 0 spiro atoms. The lowest BCUT2D eigenvalue weighted by atomic mass is 10.2. The standard InChI is InChI=1S/C17H16N2O2S/c1-11-12(2)22-17(15(11)10-18)19-16(20)9-6-13-4-7-14(21-3)8-5-13/h4-9H,1-3H3,(H,19,20)/b9-6+. The molecule has 0 aliphatic carbocycles. The number of carbonyl (C=O) groups excluding carboxylic acids is 1. The maximum Gasteiger partial charge on any atom is 0.249 e. The number of carbonyl (C=O) groups is 1. The number of aryl methyl sites for hydroxylation is 1. The van der Waals surface area contributed by atoms with E-state index in [1.807, 2.05) is 38.1 Å². The van der Waals surface area contributed by atoms with Gasteiger partial charge in [0.15, 0.2) is 0 Å². The van der Waals surface area contributed by atoms with Crippen molar-refractivity contribution in [2.75, 3.05) is 12.4 Å². The molecule has 1 aromatic carbocycles. The van der Waals surface area contributed by atoms with Crippen LogP contribution in [0.4, 0.5) is 5.00 Å². The fraction of sp³-hybridized carbons (Fsp3) is 0.176. The average Bonchev–Trinajstić information content (AvgIpc) is 2.79. The van der Waals surface area contributed by atoms with Crippen molar-refractivity contribution in [1.29, 1.82) is 5.26 Å². The number of ether oxygens (including phenoxy) is 1. The summed E-state index contributed by atoms with van der Waals surface area (Å²) in [7, 11) is 1.61. The Balaban J connectivity index is 2.08. The first-order valence-corrected chi connectivity index (χ1v) is 7.50. The van der Waals surface area contributed by atoms with Crippen molar-refractivity contribution in [2.24, 2.45) is 0 Å². The predicted octanol–water partition coefficient (Wildman–Crippen LogP) is 3.90. The van der Waals surface area contributed by atoms with Crippen molar-refractivity contribution in [3.05, 3.63) is 51.9 Å². The molecule has 1 amide bonds. The van der Waals surface area contributed by atoms with E-state index in [2.05, 4.69) is 11.4 Å². The number of hydrogen-bond donors (Lipinski definition) is 1. The summed E-state index contributed by atoms with van der Waals surface area (Å²) in [5.74, 6) is 0.512. The van der Waals surface area contributed by atoms with E-state index >= 15 is 0 Å². The fourth-order valence-corrected chi connectivity index (χ4v) is 2.90. The predicted molar refractivity (Wildman–Crippen MR) is 89.2 cm³/mol. The number of anilines is 1. The number of methoxy groups -OCH3 is 1. The third kappa shape index (κ3) is 3.54. The lowest BCUT2D eigenvalue weighted by Crippen LogP contribution is -2.07. The van der Waals surface area contributed by atoms with Gasteiger partial charge in [0.1, 0.15) is 16.8 Å². The Morgan fingerprint density at radius 1 is 1.32 bits per heavy atom. The zero-order chi connectivity index (χ0) is 16.1. The van der Waals surface area contributed by atoms with Gasteiger partial charge in [-0.1, -0.05) is 12.1 Å². The highest BCUT2D eigenvalue weighted by Crippen LogP contribution is 2.31. The third-order valence-corrected chi connectivity index (χ3v) is 4.40. The van der Waals surface area contributed by atoms with E-state index < -0.39 is 0 Å². The highest BCUT2D eigenvalue weighted by Gasteiger charge is 2.13. The molecule has 1 N–H and O–H groups in total. The van der Waals surface area contributed by atoms with Crippen LogP contribution in [-0.2, 0) is 4.79 Å². The lowest BCUT2D eigenvalue weighted by Gasteiger charge is -2.00. The summed E-state index contributed by atoms with van der Waals surface area (Å²) in [6, 6.07) is 9.52. The maximum atomic E-state index is 12.0. The molecule has 4 nitrogen and oxygen atoms in total. The molecule has 112 valence electrons. The van der Waals surface area contributed by atoms with Gasteiger partial charge in [0.05, 0.1) is 12.7 Å². The minimum absolute atomic E-state index is 0.256. The van der Waals surface area contributed by atoms with Crippen molar-refractivity contribution in [3.8, 4) is 11.8 Å². The Labute approximate surface area is 133 Å². The number of nitrogens with zero attached hydrogens (tertiary/aromatic N) is 1. The summed E-state index contributed by atoms with van der Waals surface area (Å²) >= 11 is 1.42. The maximum absolute atomic E-state index is 12.0. The monoisotopic (exact) mass is 312 g/mol. The fourth-order valence-electron chi connectivity index (χ4n) is 1.89. The van der Waals surface area contributed by atoms with Gasteiger partial charge >= 0.3 is 0 Å². The Hall–Kier alpha value is -2.58. The molecule has 0 atom stereocenters. The molecule has 0 radical (unpaired) electrons. The molecule has 5 heteroatoms. The Morgan fingerprint density at radius 2 is 2.00 bits per heavy atom. The van der Waals surface area contributed by atoms with Crippen LogP contribution in [0.15, 0.2) is 30.3 Å². The van der Waals surface area contributed by atoms with E-state index in [1.165, 1.54) is 17.4 Å². The Bertz CT molecular complexity index is 752. The molecule has 2 aromatic rings. The first-order chi connectivity index (χ1) is 10.5. The molecular formula is C17H16N2O2S. The summed E-state index contributed by atoms with van der Waals surface area (Å²) in [6.45, 7) is 3.82. The van der Waals surface area contributed by atoms with Gasteiger partial charge in [-0.25, -0.2) is 0 Å². The van der Waals surface area contributed by atoms with Gasteiger partial charge in [-0.15, -0.1) is 11.3 Å². The van der Waals surface area contributed by atoms with Crippen LogP contribution in [0.2, 0.25) is 0 Å². The molecule has 0 fully saturated rings. The molecule has 0 saturated heterocycles. The van der Waals surface area contributed by atoms with Gasteiger partial charge in [0.25, 0.3) is 0 Å². The van der Waals surface area contributed by atoms with Crippen LogP contribution < -0.4 is 10.1 Å². The van der Waals surface area contributed by atoms with Gasteiger partial charge in [-0.05, 0) is 43.2 Å². The van der Waals surface area contributed by atoms with Crippen LogP contribution in [0.3, 0.4) is 0 Å². The van der Waals surface area contributed by atoms with Crippen LogP contribution in [0.1, 0.15) is 21.6 Å². The number of amides is 1. The van der Waals surface area contributed by atoms with Crippen molar-refractivity contribution >= 4 is 28.3 Å². The minimum atomic E-state index is -0.256. The Morgan fingerprint density at radius 3 is 2.59 bits per heavy atom. The number of hydrogen-bond acceptors (Lipinski definition) is 4. The number of nitrogens with one attached hydrogen (secondary N) is 1. The van der Waals surface area contributed by atoms with Crippen molar-refractivity contribution in [2.45, 2.75) is 13.8 Å². The van der Waals surface area contributed by atoms with Crippen molar-refractivity contribution < 1.29 is 9.53 Å². The number of nitriles is 1.